The first kappa shape index (κ1) is 15.8. The van der Waals surface area contributed by atoms with Gasteiger partial charge in [0.1, 0.15) is 0 Å². The van der Waals surface area contributed by atoms with E-state index < -0.39 is 0 Å². The maximum atomic E-state index is 6.25. The Labute approximate surface area is 120 Å². The number of hydrogen-bond donors (Lipinski definition) is 2. The Hall–Kier alpha value is -0.220. The smallest absolute Gasteiger partial charge is 0.0441 e. The summed E-state index contributed by atoms with van der Waals surface area (Å²) in [5.74, 6) is 6.63. The molecule has 1 aromatic rings. The Bertz CT molecular complexity index is 371. The quantitative estimate of drug-likeness (QED) is 0.595. The molecule has 2 atom stereocenters. The van der Waals surface area contributed by atoms with Gasteiger partial charge in [0.15, 0.2) is 0 Å². The minimum Gasteiger partial charge on any atom is -0.271 e. The van der Waals surface area contributed by atoms with E-state index in [-0.39, 0.29) is 6.04 Å². The standard InChI is InChI=1S/C14H23ClN2S/c1-4-11(3)18-9-13(17-16)8-12-6-5-10(2)7-14(12)15/h5-7,11,13,17H,4,8-9,16H2,1-3H3. The van der Waals surface area contributed by atoms with Crippen LogP contribution in [-0.4, -0.2) is 17.0 Å². The second kappa shape index (κ2) is 8.05. The van der Waals surface area contributed by atoms with Gasteiger partial charge in [-0.05, 0) is 37.0 Å². The lowest BCUT2D eigenvalue weighted by Crippen LogP contribution is -2.39. The monoisotopic (exact) mass is 286 g/mol. The van der Waals surface area contributed by atoms with Gasteiger partial charge in [-0.15, -0.1) is 0 Å². The summed E-state index contributed by atoms with van der Waals surface area (Å²) >= 11 is 8.20. The van der Waals surface area contributed by atoms with Crippen molar-refractivity contribution in [1.82, 2.24) is 5.43 Å². The van der Waals surface area contributed by atoms with Crippen molar-refractivity contribution in [3.05, 3.63) is 34.3 Å². The van der Waals surface area contributed by atoms with Crippen LogP contribution in [0.25, 0.3) is 0 Å². The summed E-state index contributed by atoms with van der Waals surface area (Å²) in [5.41, 5.74) is 5.24. The SMILES string of the molecule is CCC(C)SCC(Cc1ccc(C)cc1Cl)NN. The highest BCUT2D eigenvalue weighted by Crippen LogP contribution is 2.21. The average Bonchev–Trinajstić information content (AvgIpc) is 2.36. The van der Waals surface area contributed by atoms with Gasteiger partial charge in [0, 0.05) is 22.1 Å². The molecule has 2 nitrogen and oxygen atoms in total. The average molecular weight is 287 g/mol. The number of thioether (sulfide) groups is 1. The third kappa shape index (κ3) is 5.19. The van der Waals surface area contributed by atoms with E-state index in [2.05, 4.69) is 31.4 Å². The first-order chi connectivity index (χ1) is 8.56. The van der Waals surface area contributed by atoms with Crippen molar-refractivity contribution in [1.29, 1.82) is 0 Å². The molecule has 0 aliphatic rings. The lowest BCUT2D eigenvalue weighted by molar-refractivity contribution is 0.574. The summed E-state index contributed by atoms with van der Waals surface area (Å²) in [6.45, 7) is 6.50. The molecule has 0 bridgehead atoms. The van der Waals surface area contributed by atoms with Gasteiger partial charge in [-0.1, -0.05) is 37.6 Å². The number of nitrogens with two attached hydrogens (primary N) is 1. The molecule has 2 unspecified atom stereocenters. The summed E-state index contributed by atoms with van der Waals surface area (Å²) in [6, 6.07) is 6.46. The second-order valence-electron chi connectivity index (χ2n) is 4.71. The van der Waals surface area contributed by atoms with Crippen LogP contribution in [0, 0.1) is 6.92 Å². The maximum absolute atomic E-state index is 6.25. The minimum atomic E-state index is 0.268. The Morgan fingerprint density at radius 1 is 1.44 bits per heavy atom. The van der Waals surface area contributed by atoms with Crippen LogP contribution in [0.2, 0.25) is 5.02 Å². The summed E-state index contributed by atoms with van der Waals surface area (Å²) in [5, 5.41) is 1.51. The molecule has 1 rings (SSSR count). The number of benzene rings is 1. The third-order valence-electron chi connectivity index (χ3n) is 3.07. The van der Waals surface area contributed by atoms with Gasteiger partial charge in [0.05, 0.1) is 0 Å². The van der Waals surface area contributed by atoms with Crippen LogP contribution >= 0.6 is 23.4 Å². The normalized spacial score (nSPS) is 14.5. The minimum absolute atomic E-state index is 0.268. The van der Waals surface area contributed by atoms with Crippen LogP contribution in [0.15, 0.2) is 18.2 Å². The van der Waals surface area contributed by atoms with E-state index in [9.17, 15) is 0 Å². The highest BCUT2D eigenvalue weighted by Gasteiger charge is 2.12. The molecule has 102 valence electrons. The fraction of sp³-hybridized carbons (Fsp3) is 0.571. The fourth-order valence-corrected chi connectivity index (χ4v) is 2.97. The summed E-state index contributed by atoms with van der Waals surface area (Å²) in [7, 11) is 0. The molecule has 0 amide bonds. The number of aryl methyl sites for hydroxylation is 1. The first-order valence-electron chi connectivity index (χ1n) is 6.39. The number of hydrazine groups is 1. The van der Waals surface area contributed by atoms with Gasteiger partial charge in [-0.25, -0.2) is 0 Å². The summed E-state index contributed by atoms with van der Waals surface area (Å²) in [6.07, 6.45) is 2.06. The fourth-order valence-electron chi connectivity index (χ4n) is 1.65. The molecule has 0 aliphatic carbocycles. The van der Waals surface area contributed by atoms with Crippen molar-refractivity contribution >= 4 is 23.4 Å². The third-order valence-corrected chi connectivity index (χ3v) is 4.92. The van der Waals surface area contributed by atoms with E-state index >= 15 is 0 Å². The van der Waals surface area contributed by atoms with E-state index in [1.54, 1.807) is 0 Å². The highest BCUT2D eigenvalue weighted by molar-refractivity contribution is 7.99. The Balaban J connectivity index is 2.56. The number of halogens is 1. The van der Waals surface area contributed by atoms with Crippen molar-refractivity contribution < 1.29 is 0 Å². The van der Waals surface area contributed by atoms with Crippen molar-refractivity contribution in [2.24, 2.45) is 5.84 Å². The van der Waals surface area contributed by atoms with E-state index in [4.69, 9.17) is 17.4 Å². The van der Waals surface area contributed by atoms with E-state index in [1.165, 1.54) is 12.0 Å². The lowest BCUT2D eigenvalue weighted by Gasteiger charge is -2.18. The Morgan fingerprint density at radius 3 is 2.72 bits per heavy atom. The Kier molecular flexibility index (Phi) is 7.08. The van der Waals surface area contributed by atoms with Gasteiger partial charge < -0.3 is 0 Å². The van der Waals surface area contributed by atoms with E-state index in [1.807, 2.05) is 24.8 Å². The lowest BCUT2D eigenvalue weighted by atomic mass is 10.1. The van der Waals surface area contributed by atoms with E-state index in [0.717, 1.165) is 22.8 Å². The van der Waals surface area contributed by atoms with Gasteiger partial charge in [0.25, 0.3) is 0 Å². The molecule has 0 radical (unpaired) electrons. The highest BCUT2D eigenvalue weighted by atomic mass is 35.5. The van der Waals surface area contributed by atoms with Gasteiger partial charge in [-0.2, -0.15) is 11.8 Å². The molecule has 1 aromatic carbocycles. The maximum Gasteiger partial charge on any atom is 0.0441 e. The zero-order chi connectivity index (χ0) is 13.5. The number of hydrogen-bond acceptors (Lipinski definition) is 3. The van der Waals surface area contributed by atoms with Crippen LogP contribution in [0.4, 0.5) is 0 Å². The van der Waals surface area contributed by atoms with Crippen LogP contribution in [0.1, 0.15) is 31.4 Å². The van der Waals surface area contributed by atoms with Gasteiger partial charge >= 0.3 is 0 Å². The van der Waals surface area contributed by atoms with Gasteiger partial charge in [-0.3, -0.25) is 11.3 Å². The van der Waals surface area contributed by atoms with Gasteiger partial charge in [0.2, 0.25) is 0 Å². The summed E-state index contributed by atoms with van der Waals surface area (Å²) in [4.78, 5) is 0. The first-order valence-corrected chi connectivity index (χ1v) is 7.82. The van der Waals surface area contributed by atoms with Crippen LogP contribution in [0.3, 0.4) is 0 Å². The molecular weight excluding hydrogens is 264 g/mol. The Morgan fingerprint density at radius 2 is 2.17 bits per heavy atom. The zero-order valence-corrected chi connectivity index (χ0v) is 12.9. The molecular formula is C14H23ClN2S. The van der Waals surface area contributed by atoms with Crippen molar-refractivity contribution in [3.63, 3.8) is 0 Å². The molecule has 3 N–H and O–H groups in total. The molecule has 0 saturated carbocycles. The molecule has 0 fully saturated rings. The molecule has 0 saturated heterocycles. The van der Waals surface area contributed by atoms with Crippen LogP contribution in [0.5, 0.6) is 0 Å². The number of nitrogens with one attached hydrogen (secondary N) is 1. The van der Waals surface area contributed by atoms with Crippen molar-refractivity contribution in [3.8, 4) is 0 Å². The van der Waals surface area contributed by atoms with Crippen LogP contribution in [-0.2, 0) is 6.42 Å². The van der Waals surface area contributed by atoms with E-state index in [0.29, 0.717) is 5.25 Å². The summed E-state index contributed by atoms with van der Waals surface area (Å²) < 4.78 is 0. The van der Waals surface area contributed by atoms with Crippen LogP contribution < -0.4 is 11.3 Å². The molecule has 0 heterocycles. The topological polar surface area (TPSA) is 38.0 Å². The predicted molar refractivity (Wildman–Crippen MR) is 83.2 cm³/mol. The zero-order valence-electron chi connectivity index (χ0n) is 11.4. The van der Waals surface area contributed by atoms with Crippen molar-refractivity contribution in [2.45, 2.75) is 44.9 Å². The molecule has 0 aliphatic heterocycles. The second-order valence-corrected chi connectivity index (χ2v) is 6.59. The number of rotatable bonds is 7. The molecule has 4 heteroatoms. The predicted octanol–water partition coefficient (Wildman–Crippen LogP) is 3.55. The molecule has 18 heavy (non-hydrogen) atoms. The molecule has 0 spiro atoms. The largest absolute Gasteiger partial charge is 0.271 e. The molecule has 0 aromatic heterocycles. The van der Waals surface area contributed by atoms with Crippen molar-refractivity contribution in [2.75, 3.05) is 5.75 Å².